The van der Waals surface area contributed by atoms with E-state index in [1.165, 1.54) is 11.8 Å². The van der Waals surface area contributed by atoms with Crippen LogP contribution >= 0.6 is 27.7 Å². The van der Waals surface area contributed by atoms with Gasteiger partial charge in [0.25, 0.3) is 0 Å². The minimum atomic E-state index is 0.162. The van der Waals surface area contributed by atoms with Crippen molar-refractivity contribution in [1.82, 2.24) is 0 Å². The Morgan fingerprint density at radius 3 is 2.67 bits per heavy atom. The van der Waals surface area contributed by atoms with E-state index >= 15 is 0 Å². The Kier molecular flexibility index (Phi) is 5.59. The lowest BCUT2D eigenvalue weighted by Crippen LogP contribution is -2.07. The summed E-state index contributed by atoms with van der Waals surface area (Å²) in [5.41, 5.74) is 0. The summed E-state index contributed by atoms with van der Waals surface area (Å²) in [5, 5.41) is 1.06. The molecule has 0 heterocycles. The number of alkyl halides is 1. The van der Waals surface area contributed by atoms with Crippen LogP contribution in [0.3, 0.4) is 0 Å². The fourth-order valence-electron chi connectivity index (χ4n) is 0.348. The highest BCUT2D eigenvalue weighted by atomic mass is 79.9. The minimum Gasteiger partial charge on any atom is -0.287 e. The highest BCUT2D eigenvalue weighted by Crippen LogP contribution is 2.11. The molecule has 0 fully saturated rings. The Morgan fingerprint density at radius 1 is 1.78 bits per heavy atom. The summed E-state index contributed by atoms with van der Waals surface area (Å²) in [6, 6.07) is 0. The van der Waals surface area contributed by atoms with Gasteiger partial charge < -0.3 is 0 Å². The third-order valence-electron chi connectivity index (χ3n) is 0.920. The van der Waals surface area contributed by atoms with Gasteiger partial charge in [-0.05, 0) is 5.75 Å². The van der Waals surface area contributed by atoms with Gasteiger partial charge in [-0.1, -0.05) is 41.5 Å². The van der Waals surface area contributed by atoms with Gasteiger partial charge in [0, 0.05) is 11.2 Å². The van der Waals surface area contributed by atoms with Gasteiger partial charge in [-0.15, -0.1) is 0 Å². The Morgan fingerprint density at radius 2 is 2.33 bits per heavy atom. The summed E-state index contributed by atoms with van der Waals surface area (Å²) in [7, 11) is 0. The molecule has 0 N–H and O–H groups in total. The van der Waals surface area contributed by atoms with E-state index in [-0.39, 0.29) is 11.0 Å². The molecule has 0 saturated carbocycles. The lowest BCUT2D eigenvalue weighted by atomic mass is 10.3. The average molecular weight is 211 g/mol. The van der Waals surface area contributed by atoms with Gasteiger partial charge in [-0.25, -0.2) is 0 Å². The zero-order chi connectivity index (χ0) is 7.28. The second-order valence-electron chi connectivity index (χ2n) is 1.81. The van der Waals surface area contributed by atoms with Crippen molar-refractivity contribution < 1.29 is 4.79 Å². The summed E-state index contributed by atoms with van der Waals surface area (Å²) in [5.74, 6) is 1.05. The molecule has 0 amide bonds. The molecule has 0 aliphatic rings. The standard InChI is InChI=1S/C6H11BrOS/c1-3-9-6(8)5(2)4-7/h5H,3-4H2,1-2H3. The van der Waals surface area contributed by atoms with Crippen molar-refractivity contribution in [2.24, 2.45) is 5.92 Å². The Labute approximate surface area is 68.7 Å². The quantitative estimate of drug-likeness (QED) is 0.666. The van der Waals surface area contributed by atoms with E-state index in [0.717, 1.165) is 11.1 Å². The molecule has 0 spiro atoms. The van der Waals surface area contributed by atoms with E-state index < -0.39 is 0 Å². The van der Waals surface area contributed by atoms with Crippen LogP contribution in [0.25, 0.3) is 0 Å². The second kappa shape index (κ2) is 5.30. The van der Waals surface area contributed by atoms with Crippen LogP contribution < -0.4 is 0 Å². The Balaban J connectivity index is 3.46. The van der Waals surface area contributed by atoms with E-state index in [2.05, 4.69) is 15.9 Å². The van der Waals surface area contributed by atoms with Gasteiger partial charge in [0.15, 0.2) is 5.12 Å². The van der Waals surface area contributed by atoms with E-state index in [4.69, 9.17) is 0 Å². The maximum Gasteiger partial charge on any atom is 0.192 e. The van der Waals surface area contributed by atoms with Crippen LogP contribution in [0.15, 0.2) is 0 Å². The number of halogens is 1. The van der Waals surface area contributed by atoms with E-state index in [1.807, 2.05) is 13.8 Å². The molecule has 0 aliphatic heterocycles. The molecule has 0 saturated heterocycles. The van der Waals surface area contributed by atoms with Crippen molar-refractivity contribution in [2.45, 2.75) is 13.8 Å². The summed E-state index contributed by atoms with van der Waals surface area (Å²) in [6.45, 7) is 3.92. The first-order valence-electron chi connectivity index (χ1n) is 2.95. The summed E-state index contributed by atoms with van der Waals surface area (Å²) >= 11 is 4.65. The smallest absolute Gasteiger partial charge is 0.192 e. The summed E-state index contributed by atoms with van der Waals surface area (Å²) in [6.07, 6.45) is 0. The van der Waals surface area contributed by atoms with Gasteiger partial charge in [-0.2, -0.15) is 0 Å². The molecule has 54 valence electrons. The second-order valence-corrected chi connectivity index (χ2v) is 3.72. The number of hydrogen-bond donors (Lipinski definition) is 0. The van der Waals surface area contributed by atoms with Crippen LogP contribution in [0.4, 0.5) is 0 Å². The molecule has 9 heavy (non-hydrogen) atoms. The number of hydrogen-bond acceptors (Lipinski definition) is 2. The van der Waals surface area contributed by atoms with E-state index in [0.29, 0.717) is 0 Å². The third kappa shape index (κ3) is 3.98. The fraction of sp³-hybridized carbons (Fsp3) is 0.833. The Hall–Kier alpha value is 0.500. The maximum atomic E-state index is 10.9. The number of thioether (sulfide) groups is 1. The molecule has 0 aliphatic carbocycles. The molecule has 1 atom stereocenters. The van der Waals surface area contributed by atoms with Gasteiger partial charge in [0.05, 0.1) is 0 Å². The van der Waals surface area contributed by atoms with E-state index in [9.17, 15) is 4.79 Å². The average Bonchev–Trinajstić information content (AvgIpc) is 1.87. The molecular weight excluding hydrogens is 200 g/mol. The summed E-state index contributed by atoms with van der Waals surface area (Å²) in [4.78, 5) is 10.9. The van der Waals surface area contributed by atoms with Gasteiger partial charge in [0.2, 0.25) is 0 Å². The molecular formula is C6H11BrOS. The van der Waals surface area contributed by atoms with Crippen LogP contribution in [0, 0.1) is 5.92 Å². The number of carbonyl (C=O) groups is 1. The normalized spacial score (nSPS) is 13.2. The predicted octanol–water partition coefficient (Wildman–Crippen LogP) is 2.30. The Bertz CT molecular complexity index is 95.1. The first kappa shape index (κ1) is 9.50. The van der Waals surface area contributed by atoms with Crippen LogP contribution in [-0.2, 0) is 4.79 Å². The first-order chi connectivity index (χ1) is 4.22. The highest BCUT2D eigenvalue weighted by Gasteiger charge is 2.09. The van der Waals surface area contributed by atoms with Crippen molar-refractivity contribution in [3.05, 3.63) is 0 Å². The SMILES string of the molecule is CCSC(=O)C(C)CBr. The molecule has 1 unspecified atom stereocenters. The molecule has 0 aromatic rings. The van der Waals surface area contributed by atoms with Crippen molar-refractivity contribution in [3.63, 3.8) is 0 Å². The number of rotatable bonds is 3. The van der Waals surface area contributed by atoms with Crippen molar-refractivity contribution >= 4 is 32.8 Å². The molecule has 3 heteroatoms. The van der Waals surface area contributed by atoms with Crippen LogP contribution in [0.1, 0.15) is 13.8 Å². The first-order valence-corrected chi connectivity index (χ1v) is 5.05. The molecule has 1 nitrogen and oxygen atoms in total. The van der Waals surface area contributed by atoms with Crippen molar-refractivity contribution in [2.75, 3.05) is 11.1 Å². The monoisotopic (exact) mass is 210 g/mol. The molecule has 0 radical (unpaired) electrons. The maximum absolute atomic E-state index is 10.9. The van der Waals surface area contributed by atoms with Crippen LogP contribution in [0.2, 0.25) is 0 Å². The molecule has 0 rings (SSSR count). The molecule has 0 aromatic carbocycles. The number of carbonyl (C=O) groups excluding carboxylic acids is 1. The minimum absolute atomic E-state index is 0.162. The van der Waals surface area contributed by atoms with Gasteiger partial charge >= 0.3 is 0 Å². The molecule has 0 aromatic heterocycles. The van der Waals surface area contributed by atoms with Crippen LogP contribution in [-0.4, -0.2) is 16.2 Å². The predicted molar refractivity (Wildman–Crippen MR) is 46.1 cm³/mol. The van der Waals surface area contributed by atoms with Gasteiger partial charge in [-0.3, -0.25) is 4.79 Å². The highest BCUT2D eigenvalue weighted by molar-refractivity contribution is 9.09. The zero-order valence-electron chi connectivity index (χ0n) is 5.69. The fourth-order valence-corrected chi connectivity index (χ4v) is 1.51. The van der Waals surface area contributed by atoms with Crippen molar-refractivity contribution in [1.29, 1.82) is 0 Å². The largest absolute Gasteiger partial charge is 0.287 e. The summed E-state index contributed by atoms with van der Waals surface area (Å²) < 4.78 is 0. The van der Waals surface area contributed by atoms with Gasteiger partial charge in [0.1, 0.15) is 0 Å². The third-order valence-corrected chi connectivity index (χ3v) is 2.87. The molecule has 0 bridgehead atoms. The van der Waals surface area contributed by atoms with Crippen LogP contribution in [0.5, 0.6) is 0 Å². The zero-order valence-corrected chi connectivity index (χ0v) is 8.09. The van der Waals surface area contributed by atoms with E-state index in [1.54, 1.807) is 0 Å². The topological polar surface area (TPSA) is 17.1 Å². The lowest BCUT2D eigenvalue weighted by Gasteiger charge is -2.02. The lowest BCUT2D eigenvalue weighted by molar-refractivity contribution is -0.113. The van der Waals surface area contributed by atoms with Crippen molar-refractivity contribution in [3.8, 4) is 0 Å².